The highest BCUT2D eigenvalue weighted by atomic mass is 16.3. The molecule has 0 radical (unpaired) electrons. The topological polar surface area (TPSA) is 80.6 Å². The standard InChI is InChI=1S/C25H24N2O3/c26-12-18-8-4-5-9-20(18)22-11-10-19(30-22)13-27-14-23(29)25(16-27)21(15-28)24(25)17-6-2-1-3-7-17/h1-11,21,23-24,28-29H,13-16H2/t21-,23+,24-,25-/m1/s1. The predicted molar refractivity (Wildman–Crippen MR) is 112 cm³/mol. The fourth-order valence-electron chi connectivity index (χ4n) is 5.40. The average molecular weight is 400 g/mol. The first-order valence-electron chi connectivity index (χ1n) is 10.3. The maximum atomic E-state index is 10.9. The van der Waals surface area contributed by atoms with E-state index in [0.29, 0.717) is 24.4 Å². The third kappa shape index (κ3) is 2.96. The van der Waals surface area contributed by atoms with E-state index in [-0.39, 0.29) is 23.9 Å². The molecule has 30 heavy (non-hydrogen) atoms. The molecule has 2 aromatic carbocycles. The molecule has 4 atom stereocenters. The van der Waals surface area contributed by atoms with Gasteiger partial charge in [-0.3, -0.25) is 4.90 Å². The SMILES string of the molecule is N#Cc1ccccc1-c1ccc(CN2C[C@H](O)[C@@]3(C2)[C@H](CO)[C@H]3c2ccccc2)o1. The van der Waals surface area contributed by atoms with Gasteiger partial charge in [0.1, 0.15) is 11.5 Å². The van der Waals surface area contributed by atoms with Gasteiger partial charge in [-0.05, 0) is 41.7 Å². The van der Waals surface area contributed by atoms with Crippen LogP contribution < -0.4 is 0 Å². The van der Waals surface area contributed by atoms with Gasteiger partial charge in [0.25, 0.3) is 0 Å². The Morgan fingerprint density at radius 3 is 2.60 bits per heavy atom. The second kappa shape index (κ2) is 7.41. The lowest BCUT2D eigenvalue weighted by Gasteiger charge is -2.15. The van der Waals surface area contributed by atoms with Crippen molar-refractivity contribution in [2.75, 3.05) is 19.7 Å². The highest BCUT2D eigenvalue weighted by Gasteiger charge is 2.70. The van der Waals surface area contributed by atoms with Crippen LogP contribution in [0.1, 0.15) is 22.8 Å². The molecular weight excluding hydrogens is 376 g/mol. The van der Waals surface area contributed by atoms with Gasteiger partial charge < -0.3 is 14.6 Å². The Balaban J connectivity index is 1.34. The number of benzene rings is 2. The Morgan fingerprint density at radius 2 is 1.83 bits per heavy atom. The van der Waals surface area contributed by atoms with E-state index in [1.807, 2.05) is 48.5 Å². The average Bonchev–Trinajstić information content (AvgIpc) is 3.01. The quantitative estimate of drug-likeness (QED) is 0.686. The Kier molecular flexibility index (Phi) is 4.71. The highest BCUT2D eigenvalue weighted by Crippen LogP contribution is 2.68. The number of hydrogen-bond acceptors (Lipinski definition) is 5. The van der Waals surface area contributed by atoms with E-state index < -0.39 is 6.10 Å². The van der Waals surface area contributed by atoms with Crippen molar-refractivity contribution in [3.8, 4) is 17.4 Å². The summed E-state index contributed by atoms with van der Waals surface area (Å²) >= 11 is 0. The summed E-state index contributed by atoms with van der Waals surface area (Å²) in [6.45, 7) is 1.96. The number of furan rings is 1. The highest BCUT2D eigenvalue weighted by molar-refractivity contribution is 5.66. The summed E-state index contributed by atoms with van der Waals surface area (Å²) in [5, 5.41) is 30.2. The van der Waals surface area contributed by atoms with E-state index in [0.717, 1.165) is 17.9 Å². The zero-order valence-electron chi connectivity index (χ0n) is 16.6. The van der Waals surface area contributed by atoms with Crippen molar-refractivity contribution in [1.82, 2.24) is 4.90 Å². The minimum atomic E-state index is -0.478. The molecule has 2 aliphatic rings. The molecule has 1 spiro atoms. The summed E-state index contributed by atoms with van der Waals surface area (Å²) in [7, 11) is 0. The van der Waals surface area contributed by atoms with E-state index in [1.165, 1.54) is 5.56 Å². The van der Waals surface area contributed by atoms with E-state index >= 15 is 0 Å². The molecular formula is C25H24N2O3. The van der Waals surface area contributed by atoms with Crippen LogP contribution >= 0.6 is 0 Å². The molecule has 5 heteroatoms. The molecule has 2 fully saturated rings. The van der Waals surface area contributed by atoms with Gasteiger partial charge in [0.05, 0.1) is 24.3 Å². The van der Waals surface area contributed by atoms with Gasteiger partial charge >= 0.3 is 0 Å². The summed E-state index contributed by atoms with van der Waals surface area (Å²) in [4.78, 5) is 2.20. The zero-order valence-corrected chi connectivity index (χ0v) is 16.6. The smallest absolute Gasteiger partial charge is 0.135 e. The van der Waals surface area contributed by atoms with Crippen LogP contribution in [0.5, 0.6) is 0 Å². The van der Waals surface area contributed by atoms with Gasteiger partial charge in [-0.25, -0.2) is 0 Å². The first kappa shape index (κ1) is 19.1. The molecule has 0 amide bonds. The lowest BCUT2D eigenvalue weighted by molar-refractivity contribution is 0.111. The molecule has 3 aromatic rings. The van der Waals surface area contributed by atoms with Crippen molar-refractivity contribution in [3.63, 3.8) is 0 Å². The number of rotatable bonds is 5. The summed E-state index contributed by atoms with van der Waals surface area (Å²) in [6.07, 6.45) is -0.478. The minimum absolute atomic E-state index is 0.0783. The van der Waals surface area contributed by atoms with Crippen molar-refractivity contribution in [1.29, 1.82) is 5.26 Å². The second-order valence-electron chi connectivity index (χ2n) is 8.40. The third-order valence-electron chi connectivity index (χ3n) is 6.82. The first-order valence-corrected chi connectivity index (χ1v) is 10.3. The number of nitriles is 1. The fraction of sp³-hybridized carbons (Fsp3) is 0.320. The largest absolute Gasteiger partial charge is 0.460 e. The van der Waals surface area contributed by atoms with Crippen LogP contribution in [0, 0.1) is 22.7 Å². The number of likely N-dealkylation sites (tertiary alicyclic amines) is 1. The lowest BCUT2D eigenvalue weighted by Crippen LogP contribution is -2.23. The molecule has 0 unspecified atom stereocenters. The van der Waals surface area contributed by atoms with Crippen LogP contribution in [0.2, 0.25) is 0 Å². The lowest BCUT2D eigenvalue weighted by atomic mass is 9.95. The maximum absolute atomic E-state index is 10.9. The van der Waals surface area contributed by atoms with Gasteiger partial charge in [-0.1, -0.05) is 42.5 Å². The monoisotopic (exact) mass is 400 g/mol. The summed E-state index contributed by atoms with van der Waals surface area (Å²) in [5.74, 6) is 1.74. The Morgan fingerprint density at radius 1 is 1.07 bits per heavy atom. The molecule has 0 bridgehead atoms. The van der Waals surface area contributed by atoms with Crippen LogP contribution in [-0.4, -0.2) is 40.9 Å². The Labute approximate surface area is 175 Å². The summed E-state index contributed by atoms with van der Waals surface area (Å²) in [5.41, 5.74) is 2.27. The fourth-order valence-corrected chi connectivity index (χ4v) is 5.40. The van der Waals surface area contributed by atoms with Gasteiger partial charge in [-0.2, -0.15) is 5.26 Å². The van der Waals surface area contributed by atoms with E-state index in [1.54, 1.807) is 6.07 Å². The molecule has 152 valence electrons. The normalized spacial score (nSPS) is 28.0. The molecule has 2 heterocycles. The van der Waals surface area contributed by atoms with Gasteiger partial charge in [0.2, 0.25) is 0 Å². The zero-order chi connectivity index (χ0) is 20.7. The summed E-state index contributed by atoms with van der Waals surface area (Å²) < 4.78 is 6.04. The number of aliphatic hydroxyl groups is 2. The van der Waals surface area contributed by atoms with Crippen LogP contribution in [0.25, 0.3) is 11.3 Å². The van der Waals surface area contributed by atoms with Crippen molar-refractivity contribution < 1.29 is 14.6 Å². The molecule has 1 saturated heterocycles. The van der Waals surface area contributed by atoms with E-state index in [9.17, 15) is 15.5 Å². The molecule has 2 N–H and O–H groups in total. The van der Waals surface area contributed by atoms with Crippen LogP contribution in [0.3, 0.4) is 0 Å². The van der Waals surface area contributed by atoms with Crippen molar-refractivity contribution >= 4 is 0 Å². The molecule has 5 nitrogen and oxygen atoms in total. The second-order valence-corrected chi connectivity index (χ2v) is 8.40. The molecule has 1 saturated carbocycles. The molecule has 1 aromatic heterocycles. The predicted octanol–water partition coefficient (Wildman–Crippen LogP) is 3.39. The number of hydrogen-bond donors (Lipinski definition) is 2. The maximum Gasteiger partial charge on any atom is 0.135 e. The van der Waals surface area contributed by atoms with Gasteiger partial charge in [-0.15, -0.1) is 0 Å². The van der Waals surface area contributed by atoms with Gasteiger partial charge in [0.15, 0.2) is 0 Å². The van der Waals surface area contributed by atoms with Gasteiger partial charge in [0, 0.05) is 30.7 Å². The van der Waals surface area contributed by atoms with Crippen molar-refractivity contribution in [3.05, 3.63) is 83.6 Å². The van der Waals surface area contributed by atoms with Crippen LogP contribution in [0.4, 0.5) is 0 Å². The van der Waals surface area contributed by atoms with E-state index in [2.05, 4.69) is 23.1 Å². The van der Waals surface area contributed by atoms with Crippen LogP contribution in [-0.2, 0) is 6.54 Å². The Hall–Kier alpha value is -2.91. The summed E-state index contributed by atoms with van der Waals surface area (Å²) in [6, 6.07) is 23.6. The van der Waals surface area contributed by atoms with Crippen LogP contribution in [0.15, 0.2) is 71.1 Å². The number of nitrogens with zero attached hydrogens (tertiary/aromatic N) is 2. The van der Waals surface area contributed by atoms with Crippen molar-refractivity contribution in [2.24, 2.45) is 11.3 Å². The Bertz CT molecular complexity index is 1090. The molecule has 5 rings (SSSR count). The van der Waals surface area contributed by atoms with E-state index in [4.69, 9.17) is 4.42 Å². The third-order valence-corrected chi connectivity index (χ3v) is 6.82. The van der Waals surface area contributed by atoms with Crippen molar-refractivity contribution in [2.45, 2.75) is 18.6 Å². The molecule has 1 aliphatic carbocycles. The number of β-amino-alcohol motifs (C(OH)–C–C–N with tert-alkyl or cyclic N) is 1. The first-order chi connectivity index (χ1) is 14.7. The minimum Gasteiger partial charge on any atom is -0.460 e. The molecule has 1 aliphatic heterocycles. The number of aliphatic hydroxyl groups excluding tert-OH is 2.